The van der Waals surface area contributed by atoms with E-state index < -0.39 is 24.5 Å². The molecule has 1 saturated heterocycles. The van der Waals surface area contributed by atoms with E-state index in [0.717, 1.165) is 23.7 Å². The number of ether oxygens (including phenoxy) is 3. The SMILES string of the molecule is CC.CC1C(SC2Cc3nccn3C2)=C(C(=O)OCOC(=O)OC(C)(C)C)N2C(=O)CC12.CCO. The number of carbonyl (C=O) groups is 3. The molecule has 1 aromatic heterocycles. The Kier molecular flexibility index (Phi) is 10.2. The van der Waals surface area contributed by atoms with Crippen LogP contribution < -0.4 is 0 Å². The fraction of sp³-hybridized carbons (Fsp3) is 0.667. The number of fused-ring (bicyclic) bond motifs is 2. The van der Waals surface area contributed by atoms with E-state index in [-0.39, 0.29) is 35.4 Å². The molecule has 1 aromatic rings. The Balaban J connectivity index is 0.000000803. The normalized spacial score (nSPS) is 22.1. The summed E-state index contributed by atoms with van der Waals surface area (Å²) in [5.74, 6) is 0.309. The maximum absolute atomic E-state index is 12.8. The molecule has 0 saturated carbocycles. The number of thioether (sulfide) groups is 1. The molecule has 0 bridgehead atoms. The molecule has 10 nitrogen and oxygen atoms in total. The number of imidazole rings is 1. The topological polar surface area (TPSA) is 120 Å². The molecule has 4 heterocycles. The van der Waals surface area contributed by atoms with Crippen molar-refractivity contribution in [2.75, 3.05) is 13.4 Å². The fourth-order valence-electron chi connectivity index (χ4n) is 3.92. The highest BCUT2D eigenvalue weighted by Crippen LogP contribution is 2.49. The van der Waals surface area contributed by atoms with Gasteiger partial charge in [0.15, 0.2) is 0 Å². The van der Waals surface area contributed by atoms with E-state index in [1.165, 1.54) is 4.90 Å². The van der Waals surface area contributed by atoms with Gasteiger partial charge in [0.1, 0.15) is 17.1 Å². The number of hydrogen-bond acceptors (Lipinski definition) is 9. The van der Waals surface area contributed by atoms with Gasteiger partial charge in [0.2, 0.25) is 12.7 Å². The molecule has 3 aliphatic rings. The largest absolute Gasteiger partial charge is 0.511 e. The highest BCUT2D eigenvalue weighted by Gasteiger charge is 2.52. The van der Waals surface area contributed by atoms with Crippen molar-refractivity contribution >= 4 is 29.8 Å². The first kappa shape index (κ1) is 28.7. The highest BCUT2D eigenvalue weighted by molar-refractivity contribution is 8.03. The lowest BCUT2D eigenvalue weighted by Crippen LogP contribution is -2.52. The zero-order valence-corrected chi connectivity index (χ0v) is 22.4. The number of esters is 1. The Hall–Kier alpha value is -2.53. The van der Waals surface area contributed by atoms with Gasteiger partial charge in [-0.1, -0.05) is 20.8 Å². The van der Waals surface area contributed by atoms with Gasteiger partial charge in [-0.05, 0) is 27.7 Å². The summed E-state index contributed by atoms with van der Waals surface area (Å²) in [6.45, 7) is 13.3. The van der Waals surface area contributed by atoms with Crippen LogP contribution in [0.3, 0.4) is 0 Å². The number of hydrogen-bond donors (Lipinski definition) is 1. The summed E-state index contributed by atoms with van der Waals surface area (Å²) in [7, 11) is 0. The Labute approximate surface area is 211 Å². The summed E-state index contributed by atoms with van der Waals surface area (Å²) in [4.78, 5) is 43.4. The number of amides is 1. The average Bonchev–Trinajstić information content (AvgIpc) is 3.41. The number of β-lactam (4-membered cyclic amide) rings is 1. The first-order chi connectivity index (χ1) is 16.6. The van der Waals surface area contributed by atoms with Crippen LogP contribution in [0.4, 0.5) is 4.79 Å². The third-order valence-electron chi connectivity index (χ3n) is 5.30. The molecule has 1 fully saturated rings. The second-order valence-corrected chi connectivity index (χ2v) is 10.3. The van der Waals surface area contributed by atoms with E-state index in [0.29, 0.717) is 6.42 Å². The molecular formula is C24H37N3O7S. The zero-order valence-electron chi connectivity index (χ0n) is 21.6. The molecule has 0 spiro atoms. The van der Waals surface area contributed by atoms with Crippen LogP contribution in [0.2, 0.25) is 0 Å². The van der Waals surface area contributed by atoms with Crippen molar-refractivity contribution in [2.45, 2.75) is 84.7 Å². The van der Waals surface area contributed by atoms with Gasteiger partial charge in [0, 0.05) is 54.5 Å². The fourth-order valence-corrected chi connectivity index (χ4v) is 5.42. The first-order valence-corrected chi connectivity index (χ1v) is 12.8. The van der Waals surface area contributed by atoms with E-state index in [4.69, 9.17) is 19.3 Å². The van der Waals surface area contributed by atoms with E-state index in [1.54, 1.807) is 45.7 Å². The van der Waals surface area contributed by atoms with Gasteiger partial charge < -0.3 is 28.8 Å². The van der Waals surface area contributed by atoms with E-state index in [1.807, 2.05) is 27.0 Å². The summed E-state index contributed by atoms with van der Waals surface area (Å²) >= 11 is 1.61. The predicted molar refractivity (Wildman–Crippen MR) is 131 cm³/mol. The number of aromatic nitrogens is 2. The second-order valence-electron chi connectivity index (χ2n) is 8.95. The van der Waals surface area contributed by atoms with E-state index in [9.17, 15) is 14.4 Å². The zero-order chi connectivity index (χ0) is 26.3. The van der Waals surface area contributed by atoms with Gasteiger partial charge in [0.25, 0.3) is 0 Å². The van der Waals surface area contributed by atoms with Crippen LogP contribution in [-0.4, -0.2) is 67.9 Å². The van der Waals surface area contributed by atoms with Gasteiger partial charge >= 0.3 is 12.1 Å². The van der Waals surface area contributed by atoms with Crippen LogP contribution in [-0.2, 0) is 36.8 Å². The molecule has 0 aliphatic carbocycles. The number of carbonyl (C=O) groups excluding carboxylic acids is 3. The van der Waals surface area contributed by atoms with Crippen molar-refractivity contribution in [3.8, 4) is 0 Å². The van der Waals surface area contributed by atoms with E-state index in [2.05, 4.69) is 9.55 Å². The third kappa shape index (κ3) is 7.00. The molecule has 35 heavy (non-hydrogen) atoms. The average molecular weight is 512 g/mol. The molecule has 0 aromatic carbocycles. The first-order valence-electron chi connectivity index (χ1n) is 11.9. The van der Waals surface area contributed by atoms with Crippen molar-refractivity contribution in [3.63, 3.8) is 0 Å². The smallest absolute Gasteiger partial charge is 0.428 e. The number of aliphatic hydroxyl groups is 1. The second kappa shape index (κ2) is 12.4. The van der Waals surface area contributed by atoms with Crippen LogP contribution in [0.25, 0.3) is 0 Å². The Morgan fingerprint density at radius 3 is 2.46 bits per heavy atom. The molecule has 4 rings (SSSR count). The lowest BCUT2D eigenvalue weighted by Gasteiger charge is -2.37. The summed E-state index contributed by atoms with van der Waals surface area (Å²) in [6, 6.07) is -0.0206. The Morgan fingerprint density at radius 1 is 1.23 bits per heavy atom. The molecule has 3 unspecified atom stereocenters. The van der Waals surface area contributed by atoms with Gasteiger partial charge in [-0.15, -0.1) is 11.8 Å². The summed E-state index contributed by atoms with van der Waals surface area (Å²) < 4.78 is 17.1. The summed E-state index contributed by atoms with van der Waals surface area (Å²) in [6.07, 6.45) is 4.03. The monoisotopic (exact) mass is 511 g/mol. The molecule has 11 heteroatoms. The van der Waals surface area contributed by atoms with E-state index >= 15 is 0 Å². The summed E-state index contributed by atoms with van der Waals surface area (Å²) in [5.41, 5.74) is -0.438. The van der Waals surface area contributed by atoms with Crippen molar-refractivity contribution in [3.05, 3.63) is 28.8 Å². The third-order valence-corrected chi connectivity index (χ3v) is 6.77. The highest BCUT2D eigenvalue weighted by atomic mass is 32.2. The standard InChI is InChI=1S/C20H25N3O6S.C2H6O.C2H6/c1-11-13-8-15(24)23(13)16(18(25)27-10-28-19(26)29-20(2,3)4)17(11)30-12-7-14-21-5-6-22(14)9-12;1-2-3;1-2/h5-6,11-13H,7-10H2,1-4H3;3H,2H2,1H3;1-2H3. The van der Waals surface area contributed by atoms with Crippen molar-refractivity contribution in [2.24, 2.45) is 5.92 Å². The van der Waals surface area contributed by atoms with Gasteiger partial charge in [-0.25, -0.2) is 14.6 Å². The lowest BCUT2D eigenvalue weighted by atomic mass is 9.94. The molecule has 1 N–H and O–H groups in total. The minimum Gasteiger partial charge on any atom is -0.428 e. The summed E-state index contributed by atoms with van der Waals surface area (Å²) in [5, 5.41) is 7.81. The molecule has 3 atom stereocenters. The maximum atomic E-state index is 12.8. The van der Waals surface area contributed by atoms with Crippen molar-refractivity contribution in [1.82, 2.24) is 14.5 Å². The van der Waals surface area contributed by atoms with Crippen molar-refractivity contribution in [1.29, 1.82) is 0 Å². The Morgan fingerprint density at radius 2 is 1.89 bits per heavy atom. The quantitative estimate of drug-likeness (QED) is 0.360. The van der Waals surface area contributed by atoms with Crippen LogP contribution >= 0.6 is 11.8 Å². The van der Waals surface area contributed by atoms with Crippen LogP contribution in [0.5, 0.6) is 0 Å². The molecule has 1 amide bonds. The van der Waals surface area contributed by atoms with Gasteiger partial charge in [0.05, 0.1) is 6.04 Å². The molecule has 0 radical (unpaired) electrons. The lowest BCUT2D eigenvalue weighted by molar-refractivity contribution is -0.157. The van der Waals surface area contributed by atoms with Gasteiger partial charge in [-0.2, -0.15) is 0 Å². The molecule has 3 aliphatic heterocycles. The van der Waals surface area contributed by atoms with Gasteiger partial charge in [-0.3, -0.25) is 4.79 Å². The van der Waals surface area contributed by atoms with Crippen LogP contribution in [0.15, 0.2) is 23.0 Å². The minimum atomic E-state index is -0.919. The number of aliphatic hydroxyl groups excluding tert-OH is 1. The number of nitrogens with zero attached hydrogens (tertiary/aromatic N) is 3. The van der Waals surface area contributed by atoms with Crippen molar-refractivity contribution < 1.29 is 33.7 Å². The molecular weight excluding hydrogens is 474 g/mol. The predicted octanol–water partition coefficient (Wildman–Crippen LogP) is 3.48. The number of rotatable bonds is 5. The van der Waals surface area contributed by atoms with Crippen LogP contribution in [0, 0.1) is 5.92 Å². The van der Waals surface area contributed by atoms with Crippen LogP contribution in [0.1, 0.15) is 60.7 Å². The Bertz CT molecular complexity index is 917. The molecule has 196 valence electrons. The maximum Gasteiger partial charge on any atom is 0.511 e. The minimum absolute atomic E-state index is 0.0206.